The number of rotatable bonds is 7. The minimum Gasteiger partial charge on any atom is -0.348 e. The summed E-state index contributed by atoms with van der Waals surface area (Å²) in [6.07, 6.45) is 7.57. The molecule has 1 saturated heterocycles. The number of aryl methyl sites for hydroxylation is 1. The smallest absolute Gasteiger partial charge is 0.185 e. The summed E-state index contributed by atoms with van der Waals surface area (Å²) in [4.78, 5) is 8.89. The molecule has 0 aromatic carbocycles. The zero-order valence-corrected chi connectivity index (χ0v) is 15.0. The Hall–Kier alpha value is -0.610. The molecule has 1 N–H and O–H groups in total. The van der Waals surface area contributed by atoms with E-state index < -0.39 is 0 Å². The van der Waals surface area contributed by atoms with Gasteiger partial charge in [0.2, 0.25) is 0 Å². The van der Waals surface area contributed by atoms with Gasteiger partial charge in [-0.2, -0.15) is 0 Å². The zero-order chi connectivity index (χ0) is 15.3. The molecule has 1 fully saturated rings. The van der Waals surface area contributed by atoms with Gasteiger partial charge in [-0.15, -0.1) is 11.3 Å². The van der Waals surface area contributed by atoms with E-state index in [1.165, 1.54) is 60.9 Å². The lowest BCUT2D eigenvalue weighted by molar-refractivity contribution is 0.199. The van der Waals surface area contributed by atoms with Crippen LogP contribution in [0.2, 0.25) is 0 Å². The Morgan fingerprint density at radius 1 is 1.19 bits per heavy atom. The van der Waals surface area contributed by atoms with Crippen molar-refractivity contribution in [1.82, 2.24) is 10.3 Å². The number of anilines is 1. The molecule has 0 atom stereocenters. The second-order valence-electron chi connectivity index (χ2n) is 6.34. The van der Waals surface area contributed by atoms with Crippen molar-refractivity contribution in [3.05, 3.63) is 10.6 Å². The molecule has 2 heterocycles. The first-order chi connectivity index (χ1) is 10.2. The lowest BCUT2D eigenvalue weighted by Gasteiger charge is -2.41. The van der Waals surface area contributed by atoms with Crippen molar-refractivity contribution in [2.75, 3.05) is 25.0 Å². The first kappa shape index (κ1) is 16.8. The van der Waals surface area contributed by atoms with Gasteiger partial charge in [-0.3, -0.25) is 0 Å². The van der Waals surface area contributed by atoms with E-state index in [2.05, 4.69) is 31.0 Å². The van der Waals surface area contributed by atoms with Crippen LogP contribution in [0.1, 0.15) is 63.4 Å². The molecule has 2 rings (SSSR count). The number of nitrogens with one attached hydrogen (secondary N) is 1. The van der Waals surface area contributed by atoms with Crippen molar-refractivity contribution >= 4 is 16.5 Å². The maximum absolute atomic E-state index is 4.95. The maximum atomic E-state index is 4.95. The van der Waals surface area contributed by atoms with Gasteiger partial charge < -0.3 is 10.2 Å². The van der Waals surface area contributed by atoms with Crippen LogP contribution in [-0.4, -0.2) is 25.1 Å². The van der Waals surface area contributed by atoms with Crippen LogP contribution in [0.4, 0.5) is 5.13 Å². The number of piperidine rings is 1. The van der Waals surface area contributed by atoms with Gasteiger partial charge in [-0.25, -0.2) is 4.98 Å². The van der Waals surface area contributed by atoms with Crippen molar-refractivity contribution in [3.63, 3.8) is 0 Å². The number of hydrogen-bond acceptors (Lipinski definition) is 4. The third-order valence-corrected chi connectivity index (χ3v) is 6.34. The van der Waals surface area contributed by atoms with Crippen LogP contribution in [0.25, 0.3) is 0 Å². The summed E-state index contributed by atoms with van der Waals surface area (Å²) in [6.45, 7) is 10.3. The maximum Gasteiger partial charge on any atom is 0.185 e. The van der Waals surface area contributed by atoms with Crippen molar-refractivity contribution < 1.29 is 0 Å². The van der Waals surface area contributed by atoms with E-state index in [9.17, 15) is 0 Å². The molecular weight excluding hydrogens is 278 g/mol. The molecule has 1 aliphatic rings. The summed E-state index contributed by atoms with van der Waals surface area (Å²) in [7, 11) is 2.02. The van der Waals surface area contributed by atoms with Gasteiger partial charge in [-0.1, -0.05) is 40.0 Å². The molecule has 21 heavy (non-hydrogen) atoms. The molecule has 0 amide bonds. The van der Waals surface area contributed by atoms with Gasteiger partial charge in [0.1, 0.15) is 0 Å². The predicted octanol–water partition coefficient (Wildman–Crippen LogP) is 4.22. The summed E-state index contributed by atoms with van der Waals surface area (Å²) in [5.41, 5.74) is 1.91. The Morgan fingerprint density at radius 2 is 1.86 bits per heavy atom. The van der Waals surface area contributed by atoms with E-state index in [1.54, 1.807) is 0 Å². The van der Waals surface area contributed by atoms with Crippen LogP contribution < -0.4 is 10.2 Å². The highest BCUT2D eigenvalue weighted by atomic mass is 32.1. The minimum absolute atomic E-state index is 0.591. The summed E-state index contributed by atoms with van der Waals surface area (Å²) in [5.74, 6) is 0. The first-order valence-corrected chi connectivity index (χ1v) is 9.37. The van der Waals surface area contributed by atoms with Crippen LogP contribution >= 0.6 is 11.3 Å². The second kappa shape index (κ2) is 7.59. The third kappa shape index (κ3) is 3.78. The van der Waals surface area contributed by atoms with Gasteiger partial charge in [0, 0.05) is 24.5 Å². The van der Waals surface area contributed by atoms with E-state index in [0.29, 0.717) is 5.41 Å². The second-order valence-corrected chi connectivity index (χ2v) is 7.40. The molecule has 1 aliphatic heterocycles. The largest absolute Gasteiger partial charge is 0.348 e. The topological polar surface area (TPSA) is 28.2 Å². The Bertz CT molecular complexity index is 404. The molecule has 0 unspecified atom stereocenters. The molecule has 0 spiro atoms. The fraction of sp³-hybridized carbons (Fsp3) is 0.824. The molecule has 0 radical (unpaired) electrons. The Kier molecular flexibility index (Phi) is 6.06. The molecule has 0 aliphatic carbocycles. The van der Waals surface area contributed by atoms with Crippen LogP contribution in [0.15, 0.2) is 0 Å². The molecule has 120 valence electrons. The van der Waals surface area contributed by atoms with E-state index in [4.69, 9.17) is 4.98 Å². The molecular formula is C17H31N3S. The van der Waals surface area contributed by atoms with Crippen molar-refractivity contribution in [3.8, 4) is 0 Å². The Balaban J connectivity index is 2.07. The molecule has 3 nitrogen and oxygen atoms in total. The number of thiazole rings is 1. The highest BCUT2D eigenvalue weighted by molar-refractivity contribution is 7.15. The van der Waals surface area contributed by atoms with Crippen LogP contribution in [0.5, 0.6) is 0 Å². The minimum atomic E-state index is 0.591. The molecule has 0 saturated carbocycles. The number of nitrogens with zero attached hydrogens (tertiary/aromatic N) is 2. The van der Waals surface area contributed by atoms with Gasteiger partial charge in [0.15, 0.2) is 5.13 Å². The molecule has 0 bridgehead atoms. The predicted molar refractivity (Wildman–Crippen MR) is 93.3 cm³/mol. The standard InChI is InChI=1S/C17H31N3S/c1-5-8-14-15(13-18-4)21-16(19-14)20-11-9-17(6-2,7-3)10-12-20/h18H,5-13H2,1-4H3. The Labute approximate surface area is 134 Å². The highest BCUT2D eigenvalue weighted by Gasteiger charge is 2.32. The average molecular weight is 310 g/mol. The number of hydrogen-bond donors (Lipinski definition) is 1. The number of aromatic nitrogens is 1. The lowest BCUT2D eigenvalue weighted by atomic mass is 9.74. The quantitative estimate of drug-likeness (QED) is 0.817. The van der Waals surface area contributed by atoms with Crippen LogP contribution in [0, 0.1) is 5.41 Å². The van der Waals surface area contributed by atoms with Gasteiger partial charge in [-0.05, 0) is 31.7 Å². The zero-order valence-electron chi connectivity index (χ0n) is 14.2. The summed E-state index contributed by atoms with van der Waals surface area (Å²) in [6, 6.07) is 0. The van der Waals surface area contributed by atoms with Gasteiger partial charge >= 0.3 is 0 Å². The Morgan fingerprint density at radius 3 is 2.38 bits per heavy atom. The monoisotopic (exact) mass is 309 g/mol. The summed E-state index contributed by atoms with van der Waals surface area (Å²) < 4.78 is 0. The van der Waals surface area contributed by atoms with E-state index >= 15 is 0 Å². The summed E-state index contributed by atoms with van der Waals surface area (Å²) >= 11 is 1.90. The molecule has 4 heteroatoms. The third-order valence-electron chi connectivity index (χ3n) is 5.19. The molecule has 1 aromatic rings. The average Bonchev–Trinajstić information content (AvgIpc) is 2.91. The first-order valence-electron chi connectivity index (χ1n) is 8.56. The van der Waals surface area contributed by atoms with E-state index in [0.717, 1.165) is 13.0 Å². The highest BCUT2D eigenvalue weighted by Crippen LogP contribution is 2.40. The van der Waals surface area contributed by atoms with E-state index in [-0.39, 0.29) is 0 Å². The normalized spacial score (nSPS) is 18.2. The van der Waals surface area contributed by atoms with Crippen molar-refractivity contribution in [1.29, 1.82) is 0 Å². The fourth-order valence-electron chi connectivity index (χ4n) is 3.37. The van der Waals surface area contributed by atoms with Crippen LogP contribution in [0.3, 0.4) is 0 Å². The SMILES string of the molecule is CCCc1nc(N2CCC(CC)(CC)CC2)sc1CNC. The van der Waals surface area contributed by atoms with Gasteiger partial charge in [0.05, 0.1) is 5.69 Å². The fourth-order valence-corrected chi connectivity index (χ4v) is 4.54. The summed E-state index contributed by atoms with van der Waals surface area (Å²) in [5, 5.41) is 4.54. The van der Waals surface area contributed by atoms with Crippen molar-refractivity contribution in [2.45, 2.75) is 65.8 Å². The van der Waals surface area contributed by atoms with Crippen molar-refractivity contribution in [2.24, 2.45) is 5.41 Å². The van der Waals surface area contributed by atoms with Gasteiger partial charge in [0.25, 0.3) is 0 Å². The van der Waals surface area contributed by atoms with Crippen LogP contribution in [-0.2, 0) is 13.0 Å². The lowest BCUT2D eigenvalue weighted by Crippen LogP contribution is -2.39. The molecule has 1 aromatic heterocycles. The van der Waals surface area contributed by atoms with E-state index in [1.807, 2.05) is 18.4 Å².